The zero-order chi connectivity index (χ0) is 16.7. The van der Waals surface area contributed by atoms with Gasteiger partial charge in [-0.2, -0.15) is 5.26 Å². The van der Waals surface area contributed by atoms with Crippen molar-refractivity contribution in [3.05, 3.63) is 71.8 Å². The number of nitrogens with zero attached hydrogens (tertiary/aromatic N) is 1. The predicted octanol–water partition coefficient (Wildman–Crippen LogP) is 3.42. The van der Waals surface area contributed by atoms with Crippen molar-refractivity contribution >= 4 is 5.97 Å². The number of benzene rings is 2. The Morgan fingerprint density at radius 2 is 1.57 bits per heavy atom. The molecule has 0 radical (unpaired) electrons. The molecule has 1 atom stereocenters. The molecule has 0 unspecified atom stereocenters. The highest BCUT2D eigenvalue weighted by Gasteiger charge is 2.45. The molecule has 2 aromatic rings. The first-order valence-electron chi connectivity index (χ1n) is 7.50. The summed E-state index contributed by atoms with van der Waals surface area (Å²) in [5.41, 5.74) is -0.0473. The number of esters is 1. The molecule has 0 aromatic heterocycles. The van der Waals surface area contributed by atoms with E-state index in [4.69, 9.17) is 14.7 Å². The molecule has 2 aromatic carbocycles. The summed E-state index contributed by atoms with van der Waals surface area (Å²) in [6.45, 7) is 3.67. The first-order chi connectivity index (χ1) is 11.1. The van der Waals surface area contributed by atoms with Gasteiger partial charge >= 0.3 is 5.97 Å². The Kier molecular flexibility index (Phi) is 5.51. The van der Waals surface area contributed by atoms with Crippen LogP contribution in [0, 0.1) is 11.3 Å². The molecule has 0 bridgehead atoms. The van der Waals surface area contributed by atoms with E-state index in [-0.39, 0.29) is 0 Å². The normalized spacial score (nSPS) is 12.2. The molecule has 0 N–H and O–H groups in total. The minimum absolute atomic E-state index is 0.319. The van der Waals surface area contributed by atoms with Crippen LogP contribution >= 0.6 is 0 Å². The largest absolute Gasteiger partial charge is 0.445 e. The summed E-state index contributed by atoms with van der Waals surface area (Å²) in [4.78, 5) is 12.9. The van der Waals surface area contributed by atoms with Gasteiger partial charge in [-0.05, 0) is 25.0 Å². The second-order valence-corrected chi connectivity index (χ2v) is 5.02. The van der Waals surface area contributed by atoms with Crippen molar-refractivity contribution in [3.8, 4) is 6.07 Å². The van der Waals surface area contributed by atoms with Crippen LogP contribution < -0.4 is 0 Å². The Labute approximate surface area is 136 Å². The van der Waals surface area contributed by atoms with Gasteiger partial charge in [0.2, 0.25) is 5.60 Å². The SMILES string of the molecule is CCOC(C(=O)O[C@H](C)C#N)(c1ccccc1)c1ccccc1. The molecule has 0 saturated carbocycles. The minimum atomic E-state index is -1.39. The van der Waals surface area contributed by atoms with Gasteiger partial charge in [-0.15, -0.1) is 0 Å². The average molecular weight is 309 g/mol. The molecule has 0 amide bonds. The third kappa shape index (κ3) is 3.41. The van der Waals surface area contributed by atoms with E-state index in [0.29, 0.717) is 17.7 Å². The van der Waals surface area contributed by atoms with Crippen LogP contribution in [0.25, 0.3) is 0 Å². The minimum Gasteiger partial charge on any atom is -0.445 e. The third-order valence-corrected chi connectivity index (χ3v) is 3.47. The van der Waals surface area contributed by atoms with Crippen molar-refractivity contribution in [1.82, 2.24) is 0 Å². The fraction of sp³-hybridized carbons (Fsp3) is 0.263. The van der Waals surface area contributed by atoms with Gasteiger partial charge in [0, 0.05) is 6.61 Å². The van der Waals surface area contributed by atoms with Crippen LogP contribution in [0.15, 0.2) is 60.7 Å². The molecule has 0 fully saturated rings. The molecule has 4 nitrogen and oxygen atoms in total. The maximum Gasteiger partial charge on any atom is 0.349 e. The molecule has 4 heteroatoms. The number of carbonyl (C=O) groups excluding carboxylic acids is 1. The number of carbonyl (C=O) groups is 1. The molecule has 118 valence electrons. The number of rotatable bonds is 6. The van der Waals surface area contributed by atoms with Gasteiger partial charge in [0.1, 0.15) is 6.07 Å². The highest BCUT2D eigenvalue weighted by Crippen LogP contribution is 2.35. The zero-order valence-electron chi connectivity index (χ0n) is 13.2. The van der Waals surface area contributed by atoms with E-state index in [1.165, 1.54) is 6.92 Å². The van der Waals surface area contributed by atoms with Gasteiger partial charge < -0.3 is 9.47 Å². The van der Waals surface area contributed by atoms with E-state index in [1.807, 2.05) is 73.7 Å². The number of nitriles is 1. The zero-order valence-corrected chi connectivity index (χ0v) is 13.2. The quantitative estimate of drug-likeness (QED) is 0.767. The van der Waals surface area contributed by atoms with E-state index in [1.54, 1.807) is 0 Å². The Bertz CT molecular complexity index is 637. The fourth-order valence-electron chi connectivity index (χ4n) is 2.46. The van der Waals surface area contributed by atoms with Crippen molar-refractivity contribution in [3.63, 3.8) is 0 Å². The van der Waals surface area contributed by atoms with Gasteiger partial charge in [-0.3, -0.25) is 0 Å². The van der Waals surface area contributed by atoms with Crippen LogP contribution in [0.5, 0.6) is 0 Å². The Morgan fingerprint density at radius 3 is 1.96 bits per heavy atom. The van der Waals surface area contributed by atoms with Crippen LogP contribution in [-0.2, 0) is 19.9 Å². The van der Waals surface area contributed by atoms with Gasteiger partial charge in [0.05, 0.1) is 0 Å². The third-order valence-electron chi connectivity index (χ3n) is 3.47. The Balaban J connectivity index is 2.61. The van der Waals surface area contributed by atoms with Gasteiger partial charge in [0.25, 0.3) is 0 Å². The first kappa shape index (κ1) is 16.7. The van der Waals surface area contributed by atoms with Gasteiger partial charge in [-0.25, -0.2) is 4.79 Å². The molecule has 0 aliphatic carbocycles. The molecular weight excluding hydrogens is 290 g/mol. The smallest absolute Gasteiger partial charge is 0.349 e. The fourth-order valence-corrected chi connectivity index (χ4v) is 2.46. The summed E-state index contributed by atoms with van der Waals surface area (Å²) in [5.74, 6) is -0.592. The lowest BCUT2D eigenvalue weighted by molar-refractivity contribution is -0.170. The topological polar surface area (TPSA) is 59.3 Å². The summed E-state index contributed by atoms with van der Waals surface area (Å²) >= 11 is 0. The van der Waals surface area contributed by atoms with Crippen molar-refractivity contribution < 1.29 is 14.3 Å². The monoisotopic (exact) mass is 309 g/mol. The van der Waals surface area contributed by atoms with Crippen LogP contribution in [0.2, 0.25) is 0 Å². The van der Waals surface area contributed by atoms with E-state index in [0.717, 1.165) is 0 Å². The first-order valence-corrected chi connectivity index (χ1v) is 7.50. The lowest BCUT2D eigenvalue weighted by Crippen LogP contribution is -2.42. The number of hydrogen-bond acceptors (Lipinski definition) is 4. The van der Waals surface area contributed by atoms with Crippen molar-refractivity contribution in [2.45, 2.75) is 25.6 Å². The molecule has 0 saturated heterocycles. The Morgan fingerprint density at radius 1 is 1.09 bits per heavy atom. The Hall–Kier alpha value is -2.64. The molecule has 0 aliphatic heterocycles. The van der Waals surface area contributed by atoms with Gasteiger partial charge in [0.15, 0.2) is 6.10 Å². The summed E-state index contributed by atoms with van der Waals surface area (Å²) in [6.07, 6.45) is -0.852. The number of hydrogen-bond donors (Lipinski definition) is 0. The summed E-state index contributed by atoms with van der Waals surface area (Å²) in [7, 11) is 0. The van der Waals surface area contributed by atoms with Crippen LogP contribution in [0.1, 0.15) is 25.0 Å². The highest BCUT2D eigenvalue weighted by atomic mass is 16.6. The number of ether oxygens (including phenoxy) is 2. The summed E-state index contributed by atoms with van der Waals surface area (Å²) in [5, 5.41) is 8.95. The maximum absolute atomic E-state index is 12.9. The summed E-state index contributed by atoms with van der Waals surface area (Å²) < 4.78 is 11.2. The molecule has 0 spiro atoms. The van der Waals surface area contributed by atoms with E-state index < -0.39 is 17.7 Å². The molecule has 23 heavy (non-hydrogen) atoms. The van der Waals surface area contributed by atoms with Gasteiger partial charge in [-0.1, -0.05) is 60.7 Å². The summed E-state index contributed by atoms with van der Waals surface area (Å²) in [6, 6.07) is 20.3. The van der Waals surface area contributed by atoms with Crippen molar-refractivity contribution in [1.29, 1.82) is 5.26 Å². The van der Waals surface area contributed by atoms with E-state index in [2.05, 4.69) is 0 Å². The predicted molar refractivity (Wildman–Crippen MR) is 86.5 cm³/mol. The standard InChI is InChI=1S/C19H19NO3/c1-3-22-19(16-10-6-4-7-11-16,17-12-8-5-9-13-17)18(21)23-15(2)14-20/h4-13,15H,3H2,1-2H3/t15-/m1/s1. The lowest BCUT2D eigenvalue weighted by atomic mass is 9.86. The lowest BCUT2D eigenvalue weighted by Gasteiger charge is -2.32. The van der Waals surface area contributed by atoms with Crippen LogP contribution in [-0.4, -0.2) is 18.7 Å². The van der Waals surface area contributed by atoms with Crippen molar-refractivity contribution in [2.75, 3.05) is 6.61 Å². The average Bonchev–Trinajstić information content (AvgIpc) is 2.61. The van der Waals surface area contributed by atoms with E-state index in [9.17, 15) is 4.79 Å². The van der Waals surface area contributed by atoms with Crippen LogP contribution in [0.4, 0.5) is 0 Å². The highest BCUT2D eigenvalue weighted by molar-refractivity contribution is 5.86. The molecule has 0 aliphatic rings. The second-order valence-electron chi connectivity index (χ2n) is 5.02. The second kappa shape index (κ2) is 7.57. The molecular formula is C19H19NO3. The van der Waals surface area contributed by atoms with Crippen LogP contribution in [0.3, 0.4) is 0 Å². The molecule has 2 rings (SSSR count). The van der Waals surface area contributed by atoms with E-state index >= 15 is 0 Å². The molecule has 0 heterocycles. The van der Waals surface area contributed by atoms with Crippen molar-refractivity contribution in [2.24, 2.45) is 0 Å². The maximum atomic E-state index is 12.9.